The molecule has 6 unspecified atom stereocenters. The smallest absolute Gasteiger partial charge is 0.0732 e. The van der Waals surface area contributed by atoms with Gasteiger partial charge in [-0.25, -0.2) is 0 Å². The second-order valence-electron chi connectivity index (χ2n) is 7.85. The third kappa shape index (κ3) is 11.4. The fourth-order valence-corrected chi connectivity index (χ4v) is 19.9. The van der Waals surface area contributed by atoms with Crippen LogP contribution in [0.25, 0.3) is 0 Å². The number of hydrogen-bond acceptors (Lipinski definition) is 12. The molecule has 3 rings (SSSR count). The zero-order chi connectivity index (χ0) is 23.5. The summed E-state index contributed by atoms with van der Waals surface area (Å²) in [5.41, 5.74) is 0. The van der Waals surface area contributed by atoms with Crippen LogP contribution < -0.4 is 0 Å². The Labute approximate surface area is 255 Å². The molecule has 0 amide bonds. The normalized spacial score (nSPS) is 27.4. The molecule has 1 saturated heterocycles. The van der Waals surface area contributed by atoms with Gasteiger partial charge in [0.05, 0.1) is 27.5 Å². The van der Waals surface area contributed by atoms with Gasteiger partial charge in [-0.15, -0.1) is 118 Å². The van der Waals surface area contributed by atoms with Crippen LogP contribution in [0.3, 0.4) is 0 Å². The van der Waals surface area contributed by atoms with Crippen molar-refractivity contribution < 1.29 is 0 Å². The van der Waals surface area contributed by atoms with Gasteiger partial charge < -0.3 is 0 Å². The van der Waals surface area contributed by atoms with Crippen LogP contribution in [-0.2, 0) is 0 Å². The molecule has 33 heavy (non-hydrogen) atoms. The van der Waals surface area contributed by atoms with Gasteiger partial charge in [0.1, 0.15) is 0 Å². The van der Waals surface area contributed by atoms with Crippen LogP contribution in [0.2, 0.25) is 0 Å². The molecule has 0 nitrogen and oxygen atoms in total. The minimum atomic E-state index is 0.642. The van der Waals surface area contributed by atoms with Gasteiger partial charge in [-0.3, -0.25) is 0 Å². The first-order valence-corrected chi connectivity index (χ1v) is 22.1. The molecular weight excluding hydrogens is 637 g/mol. The van der Waals surface area contributed by atoms with Gasteiger partial charge in [-0.2, -0.15) is 25.3 Å². The summed E-state index contributed by atoms with van der Waals surface area (Å²) in [7, 11) is 0. The lowest BCUT2D eigenvalue weighted by Crippen LogP contribution is -2.21. The van der Waals surface area contributed by atoms with Gasteiger partial charge in [0.15, 0.2) is 0 Å². The van der Waals surface area contributed by atoms with Gasteiger partial charge in [-0.1, -0.05) is 13.8 Å². The molecule has 0 aromatic carbocycles. The summed E-state index contributed by atoms with van der Waals surface area (Å²) in [4.78, 5) is 0. The van der Waals surface area contributed by atoms with Crippen molar-refractivity contribution in [2.45, 2.75) is 67.0 Å². The second-order valence-corrected chi connectivity index (χ2v) is 23.0. The lowest BCUT2D eigenvalue weighted by Gasteiger charge is -2.30. The summed E-state index contributed by atoms with van der Waals surface area (Å²) in [5.74, 6) is 1.45. The molecular formula is C21H34S12. The minimum Gasteiger partial charge on any atom is -0.168 e. The van der Waals surface area contributed by atoms with E-state index in [9.17, 15) is 0 Å². The Morgan fingerprint density at radius 1 is 0.727 bits per heavy atom. The Bertz CT molecular complexity index is 536. The fraction of sp³-hybridized carbons (Fsp3) is 0.810. The van der Waals surface area contributed by atoms with E-state index in [4.69, 9.17) is 0 Å². The predicted molar refractivity (Wildman–Crippen MR) is 186 cm³/mol. The molecule has 0 bridgehead atoms. The monoisotopic (exact) mass is 670 g/mol. The molecule has 12 heteroatoms. The van der Waals surface area contributed by atoms with E-state index in [2.05, 4.69) is 131 Å². The molecule has 0 radical (unpaired) electrons. The van der Waals surface area contributed by atoms with E-state index in [0.717, 1.165) is 31.2 Å². The highest BCUT2D eigenvalue weighted by molar-refractivity contribution is 8.36. The SMILES string of the molecule is CC(CCC1SC=CS1)C(SCS)SC1SCSC1SC(SCS)C(C)CCC1SC=CS1. The Morgan fingerprint density at radius 2 is 1.12 bits per heavy atom. The summed E-state index contributed by atoms with van der Waals surface area (Å²) >= 11 is 30.1. The quantitative estimate of drug-likeness (QED) is 0.120. The molecule has 0 saturated carbocycles. The number of thiol groups is 2. The highest BCUT2D eigenvalue weighted by Crippen LogP contribution is 2.55. The highest BCUT2D eigenvalue weighted by atomic mass is 32.3. The number of hydrogen-bond donors (Lipinski definition) is 2. The molecule has 3 aliphatic rings. The van der Waals surface area contributed by atoms with E-state index in [-0.39, 0.29) is 0 Å². The molecule has 0 N–H and O–H groups in total. The third-order valence-electron chi connectivity index (χ3n) is 5.38. The average Bonchev–Trinajstić information content (AvgIpc) is 3.59. The van der Waals surface area contributed by atoms with E-state index in [1.807, 2.05) is 47.0 Å². The van der Waals surface area contributed by atoms with Crippen molar-refractivity contribution in [2.24, 2.45) is 11.8 Å². The van der Waals surface area contributed by atoms with Crippen LogP contribution in [0, 0.1) is 11.8 Å². The minimum absolute atomic E-state index is 0.642. The van der Waals surface area contributed by atoms with Crippen molar-refractivity contribution in [1.29, 1.82) is 0 Å². The molecule has 1 fully saturated rings. The van der Waals surface area contributed by atoms with Crippen molar-refractivity contribution >= 4 is 143 Å². The van der Waals surface area contributed by atoms with Gasteiger partial charge in [0, 0.05) is 15.3 Å². The Hall–Kier alpha value is 3.68. The van der Waals surface area contributed by atoms with Gasteiger partial charge >= 0.3 is 0 Å². The Balaban J connectivity index is 1.49. The van der Waals surface area contributed by atoms with Crippen LogP contribution in [0.5, 0.6) is 0 Å². The van der Waals surface area contributed by atoms with E-state index in [0.29, 0.717) is 18.3 Å². The van der Waals surface area contributed by atoms with E-state index in [1.165, 1.54) is 30.8 Å². The average molecular weight is 671 g/mol. The summed E-state index contributed by atoms with van der Waals surface area (Å²) in [6.45, 7) is 4.94. The van der Waals surface area contributed by atoms with Crippen molar-refractivity contribution in [3.8, 4) is 0 Å². The lowest BCUT2D eigenvalue weighted by molar-refractivity contribution is 0.564. The highest BCUT2D eigenvalue weighted by Gasteiger charge is 2.36. The standard InChI is InChI=1S/C21H34S12/c1-14(3-5-16-24-7-8-25-16)18(28-11-22)32-20-21(31-13-30-20)33-19(29-12-23)15(2)4-6-17-26-9-10-27-17/h7-10,14-23H,3-6,11-13H2,1-2H3. The largest absolute Gasteiger partial charge is 0.168 e. The molecule has 0 aliphatic carbocycles. The van der Waals surface area contributed by atoms with Crippen LogP contribution in [0.1, 0.15) is 39.5 Å². The molecule has 190 valence electrons. The summed E-state index contributed by atoms with van der Waals surface area (Å²) in [6, 6.07) is 0. The maximum Gasteiger partial charge on any atom is 0.0732 e. The van der Waals surface area contributed by atoms with Crippen molar-refractivity contribution in [3.05, 3.63) is 21.6 Å². The van der Waals surface area contributed by atoms with Gasteiger partial charge in [-0.05, 0) is 59.2 Å². The molecule has 6 atom stereocenters. The first kappa shape index (κ1) is 31.2. The fourth-order valence-electron chi connectivity index (χ4n) is 3.51. The topological polar surface area (TPSA) is 0 Å². The number of thioether (sulfide) groups is 10. The Kier molecular flexibility index (Phi) is 17.1. The van der Waals surface area contributed by atoms with Crippen molar-refractivity contribution in [3.63, 3.8) is 0 Å². The summed E-state index contributed by atoms with van der Waals surface area (Å²) in [6.07, 6.45) is 5.25. The van der Waals surface area contributed by atoms with Gasteiger partial charge in [0.25, 0.3) is 0 Å². The predicted octanol–water partition coefficient (Wildman–Crippen LogP) is 10.8. The molecule has 0 aromatic heterocycles. The zero-order valence-electron chi connectivity index (χ0n) is 18.9. The zero-order valence-corrected chi connectivity index (χ0v) is 28.8. The maximum atomic E-state index is 4.59. The first-order valence-electron chi connectivity index (χ1n) is 11.0. The van der Waals surface area contributed by atoms with Crippen LogP contribution >= 0.6 is 143 Å². The summed E-state index contributed by atoms with van der Waals surface area (Å²) < 4.78 is 4.11. The van der Waals surface area contributed by atoms with Crippen molar-refractivity contribution in [2.75, 3.05) is 15.3 Å². The van der Waals surface area contributed by atoms with Crippen molar-refractivity contribution in [1.82, 2.24) is 0 Å². The van der Waals surface area contributed by atoms with E-state index in [1.54, 1.807) is 0 Å². The van der Waals surface area contributed by atoms with Gasteiger partial charge in [0.2, 0.25) is 0 Å². The van der Waals surface area contributed by atoms with Crippen LogP contribution in [-0.4, -0.2) is 42.7 Å². The third-order valence-corrected chi connectivity index (χ3v) is 21.7. The molecule has 0 aromatic rings. The molecule has 0 spiro atoms. The summed E-state index contributed by atoms with van der Waals surface area (Å²) in [5, 5.41) is 12.1. The second kappa shape index (κ2) is 18.1. The van der Waals surface area contributed by atoms with Crippen LogP contribution in [0.4, 0.5) is 0 Å². The maximum absolute atomic E-state index is 4.59. The van der Waals surface area contributed by atoms with E-state index >= 15 is 0 Å². The lowest BCUT2D eigenvalue weighted by atomic mass is 10.1. The molecule has 3 aliphatic heterocycles. The Morgan fingerprint density at radius 3 is 1.48 bits per heavy atom. The van der Waals surface area contributed by atoms with Crippen LogP contribution in [0.15, 0.2) is 21.6 Å². The first-order chi connectivity index (χ1) is 16.1. The molecule has 3 heterocycles. The van der Waals surface area contributed by atoms with E-state index < -0.39 is 0 Å². The number of rotatable bonds is 16.